The summed E-state index contributed by atoms with van der Waals surface area (Å²) in [7, 11) is 0. The molecule has 6 aliphatic rings. The minimum Gasteiger partial charge on any atom is -0.490 e. The number of aryl methyl sites for hydroxylation is 3. The van der Waals surface area contributed by atoms with Crippen molar-refractivity contribution in [2.24, 2.45) is 10.8 Å². The quantitative estimate of drug-likeness (QED) is 0.00578. The van der Waals surface area contributed by atoms with Crippen LogP contribution >= 0.6 is 70.1 Å². The third kappa shape index (κ3) is 28.2. The number of amides is 2. The summed E-state index contributed by atoms with van der Waals surface area (Å²) >= 11 is 25.6. The van der Waals surface area contributed by atoms with Gasteiger partial charge in [0.1, 0.15) is 35.6 Å². The zero-order valence-electron chi connectivity index (χ0n) is 69.1. The van der Waals surface area contributed by atoms with Gasteiger partial charge >= 0.3 is 6.03 Å². The van der Waals surface area contributed by atoms with Crippen molar-refractivity contribution in [2.45, 2.75) is 262 Å². The van der Waals surface area contributed by atoms with Crippen LogP contribution in [0.25, 0.3) is 43.8 Å². The van der Waals surface area contributed by atoms with Gasteiger partial charge in [0.25, 0.3) is 0 Å². The number of aliphatic hydroxyl groups excluding tert-OH is 5. The van der Waals surface area contributed by atoms with E-state index in [0.29, 0.717) is 31.4 Å². The summed E-state index contributed by atoms with van der Waals surface area (Å²) in [5.41, 5.74) is 29.2. The monoisotopic (exact) mass is 1780 g/mol. The van der Waals surface area contributed by atoms with E-state index >= 15 is 0 Å². The Bertz CT molecular complexity index is 4890. The fourth-order valence-electron chi connectivity index (χ4n) is 15.7. The Balaban J connectivity index is 0.000000181. The number of nitrogens with one attached hydrogen (secondary N) is 2. The number of pyridine rings is 3. The van der Waals surface area contributed by atoms with Gasteiger partial charge in [0.2, 0.25) is 0 Å². The van der Waals surface area contributed by atoms with Gasteiger partial charge in [-0.05, 0) is 341 Å². The topological polar surface area (TPSA) is 283 Å². The molecule has 0 radical (unpaired) electrons. The summed E-state index contributed by atoms with van der Waals surface area (Å²) < 4.78 is 18.8. The van der Waals surface area contributed by atoms with E-state index in [1.54, 1.807) is 11.8 Å². The third-order valence-electron chi connectivity index (χ3n) is 23.9. The van der Waals surface area contributed by atoms with Gasteiger partial charge < -0.3 is 56.1 Å². The lowest BCUT2D eigenvalue weighted by molar-refractivity contribution is -0.113. The van der Waals surface area contributed by atoms with E-state index < -0.39 is 37.1 Å². The predicted octanol–water partition coefficient (Wildman–Crippen LogP) is 22.9. The molecule has 4 atom stereocenters. The van der Waals surface area contributed by atoms with E-state index in [1.807, 2.05) is 66.5 Å². The number of hydrogen-bond donors (Lipinski definition) is 8. The molecule has 6 aliphatic carbocycles. The van der Waals surface area contributed by atoms with Gasteiger partial charge in [-0.3, -0.25) is 15.0 Å². The number of ether oxygens (including phenoxy) is 3. The molecule has 2 amide bonds. The van der Waals surface area contributed by atoms with E-state index in [0.717, 1.165) is 202 Å². The van der Waals surface area contributed by atoms with Crippen molar-refractivity contribution in [1.29, 1.82) is 0 Å². The largest absolute Gasteiger partial charge is 0.490 e. The van der Waals surface area contributed by atoms with Gasteiger partial charge in [0.05, 0.1) is 31.0 Å². The van der Waals surface area contributed by atoms with E-state index in [9.17, 15) is 25.2 Å². The number of azide groups is 1. The fraction of sp³-hybridized carbons (Fsp3) is 0.475. The first-order chi connectivity index (χ1) is 59.1. The van der Waals surface area contributed by atoms with Crippen LogP contribution in [0.4, 0.5) is 4.79 Å². The van der Waals surface area contributed by atoms with Gasteiger partial charge in [-0.2, -0.15) is 0 Å². The number of urea groups is 1. The van der Waals surface area contributed by atoms with E-state index in [2.05, 4.69) is 175 Å². The second kappa shape index (κ2) is 47.8. The summed E-state index contributed by atoms with van der Waals surface area (Å²) in [4.78, 5) is 32.2. The number of halogens is 3. The van der Waals surface area contributed by atoms with Crippen LogP contribution in [0.5, 0.6) is 17.2 Å². The van der Waals surface area contributed by atoms with Gasteiger partial charge in [-0.1, -0.05) is 129 Å². The average Bonchev–Trinajstić information content (AvgIpc) is 1.61. The van der Waals surface area contributed by atoms with Crippen molar-refractivity contribution < 1.29 is 44.5 Å². The number of nitrogens with zero attached hydrogens (tertiary/aromatic N) is 6. The lowest BCUT2D eigenvalue weighted by atomic mass is 9.85. The normalized spacial score (nSPS) is 16.3. The summed E-state index contributed by atoms with van der Waals surface area (Å²) in [6.45, 7) is 0.741. The van der Waals surface area contributed by atoms with Crippen molar-refractivity contribution >= 4 is 76.1 Å². The van der Waals surface area contributed by atoms with Crippen molar-refractivity contribution in [1.82, 2.24) is 25.6 Å². The second-order valence-electron chi connectivity index (χ2n) is 33.2. The highest BCUT2D eigenvalue weighted by molar-refractivity contribution is 7.99. The SMILES string of the molecule is C.C.NCCCCCSc1ccc(Cl)c(CCC2(c3cnccc3-c3ccccc3OC3CC3)CC2)c1.O=C(NCCCCCSc1ccc(Cl)c(CCC2(c3cnccc3-c3ccccc3OC3CC3)CC2)c1)NC[C@H](O)[C@@H](O)[C@H](O)[C@H](O)CO.[N-]=[N+]=NCCCCCSc1ccc(Cl)c(CCC2(c3cnccc3-c3ccccc3OC3CC3)CC2)c1. The zero-order chi connectivity index (χ0) is 84.4. The van der Waals surface area contributed by atoms with Crippen LogP contribution in [-0.4, -0.2) is 139 Å². The molecule has 6 aromatic carbocycles. The Labute approximate surface area is 755 Å². The Morgan fingerprint density at radius 2 is 0.837 bits per heavy atom. The average molecular weight is 1790 g/mol. The van der Waals surface area contributed by atoms with Crippen LogP contribution < -0.4 is 30.6 Å². The number of thioether (sulfide) groups is 3. The van der Waals surface area contributed by atoms with Crippen LogP contribution in [0.2, 0.25) is 15.1 Å². The Morgan fingerprint density at radius 1 is 0.480 bits per heavy atom. The zero-order valence-corrected chi connectivity index (χ0v) is 73.8. The van der Waals surface area contributed by atoms with Crippen molar-refractivity contribution in [3.63, 3.8) is 0 Å². The van der Waals surface area contributed by atoms with Crippen molar-refractivity contribution in [2.75, 3.05) is 50.0 Å². The Kier molecular flexibility index (Phi) is 37.4. The maximum atomic E-state index is 12.0. The lowest BCUT2D eigenvalue weighted by Crippen LogP contribution is -2.50. The molecular formula is C99H124Cl3N9O9S3. The smallest absolute Gasteiger partial charge is 0.314 e. The Hall–Kier alpha value is -7.57. The van der Waals surface area contributed by atoms with Crippen molar-refractivity contribution in [3.05, 3.63) is 242 Å². The predicted molar refractivity (Wildman–Crippen MR) is 505 cm³/mol. The molecule has 24 heteroatoms. The number of carbonyl (C=O) groups excluding carboxylic acids is 1. The number of unbranched alkanes of at least 4 members (excludes halogenated alkanes) is 6. The van der Waals surface area contributed by atoms with Crippen LogP contribution in [0, 0.1) is 0 Å². The summed E-state index contributed by atoms with van der Waals surface area (Å²) in [6, 6.07) is 50.4. The van der Waals surface area contributed by atoms with E-state index in [4.69, 9.17) is 65.4 Å². The van der Waals surface area contributed by atoms with Gasteiger partial charge in [0.15, 0.2) is 0 Å². The molecule has 0 unspecified atom stereocenters. The van der Waals surface area contributed by atoms with Crippen LogP contribution in [0.15, 0.2) is 203 Å². The van der Waals surface area contributed by atoms with E-state index in [-0.39, 0.29) is 37.6 Å². The van der Waals surface area contributed by atoms with Crippen LogP contribution in [-0.2, 0) is 35.5 Å². The lowest BCUT2D eigenvalue weighted by Gasteiger charge is -2.25. The third-order valence-corrected chi connectivity index (χ3v) is 28.3. The highest BCUT2D eigenvalue weighted by atomic mass is 35.5. The first kappa shape index (κ1) is 96.1. The van der Waals surface area contributed by atoms with E-state index in [1.165, 1.54) is 109 Å². The molecule has 0 saturated heterocycles. The van der Waals surface area contributed by atoms with Gasteiger partial charge in [0, 0.05) is 108 Å². The Morgan fingerprint density at radius 3 is 1.19 bits per heavy atom. The van der Waals surface area contributed by atoms with Crippen molar-refractivity contribution in [3.8, 4) is 50.6 Å². The molecular weight excluding hydrogens is 1660 g/mol. The number of nitrogens with two attached hydrogens (primary N) is 1. The summed E-state index contributed by atoms with van der Waals surface area (Å²) in [5, 5.41) is 58.9. The second-order valence-corrected chi connectivity index (χ2v) is 37.9. The number of aliphatic hydroxyl groups is 5. The number of rotatable bonds is 47. The van der Waals surface area contributed by atoms with Gasteiger partial charge in [-0.15, -0.1) is 35.3 Å². The summed E-state index contributed by atoms with van der Waals surface area (Å²) in [6.07, 6.45) is 35.6. The minimum absolute atomic E-state index is 0. The molecule has 3 heterocycles. The first-order valence-electron chi connectivity index (χ1n) is 43.5. The van der Waals surface area contributed by atoms with Crippen LogP contribution in [0.3, 0.4) is 0 Å². The van der Waals surface area contributed by atoms with Crippen LogP contribution in [0.1, 0.15) is 202 Å². The molecule has 0 spiro atoms. The highest BCUT2D eigenvalue weighted by Gasteiger charge is 2.48. The first-order valence-corrected chi connectivity index (χ1v) is 47.6. The molecule has 6 fully saturated rings. The molecule has 123 heavy (non-hydrogen) atoms. The number of aromatic nitrogens is 3. The number of carbonyl (C=O) groups is 1. The molecule has 15 rings (SSSR count). The van der Waals surface area contributed by atoms with Gasteiger partial charge in [-0.25, -0.2) is 4.79 Å². The number of benzene rings is 6. The maximum Gasteiger partial charge on any atom is 0.314 e. The molecule has 0 bridgehead atoms. The maximum absolute atomic E-state index is 12.0. The molecule has 9 N–H and O–H groups in total. The number of hydrogen-bond acceptors (Lipinski definition) is 17. The molecule has 3 aromatic heterocycles. The fourth-order valence-corrected chi connectivity index (χ4v) is 19.3. The molecule has 0 aliphatic heterocycles. The molecule has 6 saturated carbocycles. The highest BCUT2D eigenvalue weighted by Crippen LogP contribution is 2.58. The molecule has 658 valence electrons. The number of para-hydroxylation sites is 3. The molecule has 18 nitrogen and oxygen atoms in total. The summed E-state index contributed by atoms with van der Waals surface area (Å²) in [5.74, 6) is 6.06. The molecule has 9 aromatic rings. The standard InChI is InChI=1S/C37H48ClN3O7S.C30H33ClN4OS.C30H35ClN2OS.2CH4/c38-30-11-10-26(49-19-5-1-4-17-40-36(47)41-22-31(43)34(45)35(46)32(44)23-42)20-24(30)12-14-37(15-16-37)29-21-39-18-13-27(29)28-6-2-3-7-33(28)48-25-8-9-25;31-28-11-10-24(37-19-5-1-4-17-34-35-32)20-22(28)12-14-30(15-16-30)27-21-33-18-13-25(27)26-6-2-3-7-29(26)36-23-8-9-23;31-28-11-10-24(35-19-5-1-4-17-32)20-22(28)12-14-30(15-16-30)27-21-33-18-13-25(27)26-6-2-3-7-29(26)34-23-8-9-23;;/h2-3,6-7,10-11,13,18,20-21,25,31-32,34-35,42-46H,1,4-5,8-9,12,14-17,19,22-23H2,(H2,40,41,47);2-3,6-7,10-11,13,18,20-21,23H,1,4-5,8-9,12,14-17,19H2;2-3,6-7,10-11,13,18,20-21,23H,1,4-5,8-9,12,14-17,19,32H2;2*1H4/t31-,32+,34+,35+;;;;/m0..../s1. The minimum atomic E-state index is -1.73.